The van der Waals surface area contributed by atoms with E-state index in [1.165, 1.54) is 13.0 Å². The molecule has 0 fully saturated rings. The number of hydrogen-bond acceptors (Lipinski definition) is 6. The van der Waals surface area contributed by atoms with Gasteiger partial charge in [0.05, 0.1) is 10.6 Å². The smallest absolute Gasteiger partial charge is 0.289 e. The molecule has 8 heteroatoms. The van der Waals surface area contributed by atoms with Gasteiger partial charge in [-0.2, -0.15) is 0 Å². The van der Waals surface area contributed by atoms with Gasteiger partial charge in [-0.25, -0.2) is 4.98 Å². The first-order chi connectivity index (χ1) is 10.8. The first kappa shape index (κ1) is 17.5. The number of nitrogens with one attached hydrogen (secondary N) is 1. The Morgan fingerprint density at radius 3 is 2.39 bits per heavy atom. The van der Waals surface area contributed by atoms with Crippen LogP contribution in [0.1, 0.15) is 12.5 Å². The van der Waals surface area contributed by atoms with Crippen LogP contribution in [0, 0.1) is 22.5 Å². The van der Waals surface area contributed by atoms with Crippen molar-refractivity contribution in [3.05, 3.63) is 52.2 Å². The topological polar surface area (TPSA) is 137 Å². The summed E-state index contributed by atoms with van der Waals surface area (Å²) in [5, 5.41) is 12.8. The Morgan fingerprint density at radius 2 is 1.96 bits per heavy atom. The number of carbonyl (C=O) groups is 1. The number of nitro groups is 1. The van der Waals surface area contributed by atoms with E-state index < -0.39 is 4.92 Å². The van der Waals surface area contributed by atoms with Gasteiger partial charge in [-0.15, -0.1) is 6.42 Å². The van der Waals surface area contributed by atoms with Crippen LogP contribution in [0.25, 0.3) is 0 Å². The van der Waals surface area contributed by atoms with Crippen LogP contribution in [0.5, 0.6) is 0 Å². The number of carbonyl (C=O) groups excluding carboxylic acids is 1. The van der Waals surface area contributed by atoms with Gasteiger partial charge in [0.2, 0.25) is 5.91 Å². The average Bonchev–Trinajstić information content (AvgIpc) is 2.50. The molecule has 0 saturated carbocycles. The number of pyridine rings is 1. The van der Waals surface area contributed by atoms with E-state index in [9.17, 15) is 14.9 Å². The molecule has 23 heavy (non-hydrogen) atoms. The third-order valence-corrected chi connectivity index (χ3v) is 2.52. The van der Waals surface area contributed by atoms with E-state index in [0.29, 0.717) is 0 Å². The number of anilines is 3. The summed E-state index contributed by atoms with van der Waals surface area (Å²) < 4.78 is 0. The summed E-state index contributed by atoms with van der Waals surface area (Å²) >= 11 is 0. The molecule has 1 aromatic heterocycles. The van der Waals surface area contributed by atoms with Gasteiger partial charge in [-0.1, -0.05) is 5.92 Å². The van der Waals surface area contributed by atoms with Crippen LogP contribution in [0.3, 0.4) is 0 Å². The van der Waals surface area contributed by atoms with Gasteiger partial charge in [0.1, 0.15) is 12.0 Å². The molecule has 0 radical (unpaired) electrons. The lowest BCUT2D eigenvalue weighted by Gasteiger charge is -2.00. The van der Waals surface area contributed by atoms with E-state index >= 15 is 0 Å². The lowest BCUT2D eigenvalue weighted by Crippen LogP contribution is -2.05. The van der Waals surface area contributed by atoms with Gasteiger partial charge in [-0.3, -0.25) is 14.9 Å². The zero-order chi connectivity index (χ0) is 17.4. The van der Waals surface area contributed by atoms with Crippen molar-refractivity contribution < 1.29 is 9.72 Å². The van der Waals surface area contributed by atoms with Crippen molar-refractivity contribution in [2.75, 3.05) is 16.8 Å². The highest BCUT2D eigenvalue weighted by Crippen LogP contribution is 2.17. The average molecular weight is 313 g/mol. The maximum Gasteiger partial charge on any atom is 0.289 e. The van der Waals surface area contributed by atoms with Crippen molar-refractivity contribution in [1.82, 2.24) is 4.98 Å². The lowest BCUT2D eigenvalue weighted by molar-refractivity contribution is -0.385. The van der Waals surface area contributed by atoms with Gasteiger partial charge in [0, 0.05) is 24.2 Å². The number of nitrogen functional groups attached to an aromatic ring is 2. The molecule has 1 aromatic carbocycles. The minimum Gasteiger partial charge on any atom is -0.396 e. The molecule has 0 saturated heterocycles. The Hall–Kier alpha value is -3.60. The standard InChI is InChI=1S/C10H9NO.C5H6N4O2/c1-3-9-4-6-10(7-5-9)11-8(2)12;6-4-1-3(9(10)11)2-8-5(4)7/h1,4-7H,2H3,(H,11,12);1-2H,6H2,(H2,7,8). The highest BCUT2D eigenvalue weighted by Gasteiger charge is 2.07. The Morgan fingerprint density at radius 1 is 1.35 bits per heavy atom. The van der Waals surface area contributed by atoms with E-state index in [1.54, 1.807) is 24.3 Å². The number of terminal acetylenes is 1. The van der Waals surface area contributed by atoms with Crippen LogP contribution >= 0.6 is 0 Å². The van der Waals surface area contributed by atoms with E-state index in [4.69, 9.17) is 17.9 Å². The number of benzene rings is 1. The minimum atomic E-state index is -0.581. The van der Waals surface area contributed by atoms with Crippen LogP contribution in [0.15, 0.2) is 36.5 Å². The Balaban J connectivity index is 0.000000231. The van der Waals surface area contributed by atoms with E-state index in [-0.39, 0.29) is 23.1 Å². The molecule has 0 bridgehead atoms. The summed E-state index contributed by atoms with van der Waals surface area (Å²) in [5.41, 5.74) is 12.0. The first-order valence-corrected chi connectivity index (χ1v) is 6.33. The highest BCUT2D eigenvalue weighted by atomic mass is 16.6. The van der Waals surface area contributed by atoms with Crippen LogP contribution in [0.4, 0.5) is 22.9 Å². The molecule has 5 N–H and O–H groups in total. The molecule has 0 spiro atoms. The van der Waals surface area contributed by atoms with Crippen molar-refractivity contribution >= 4 is 28.8 Å². The number of nitrogens with zero attached hydrogens (tertiary/aromatic N) is 2. The molecular formula is C15H15N5O3. The molecule has 0 aliphatic rings. The summed E-state index contributed by atoms with van der Waals surface area (Å²) in [7, 11) is 0. The van der Waals surface area contributed by atoms with Crippen LogP contribution < -0.4 is 16.8 Å². The molecule has 2 rings (SSSR count). The van der Waals surface area contributed by atoms with Gasteiger partial charge < -0.3 is 16.8 Å². The van der Waals surface area contributed by atoms with Gasteiger partial charge >= 0.3 is 0 Å². The molecule has 0 atom stereocenters. The first-order valence-electron chi connectivity index (χ1n) is 6.33. The second-order valence-corrected chi connectivity index (χ2v) is 4.33. The third kappa shape index (κ3) is 5.73. The fourth-order valence-corrected chi connectivity index (χ4v) is 1.43. The number of nitrogens with two attached hydrogens (primary N) is 2. The normalized spacial score (nSPS) is 9.04. The molecule has 0 aliphatic heterocycles. The van der Waals surface area contributed by atoms with Crippen LogP contribution in [-0.4, -0.2) is 15.8 Å². The molecule has 1 amide bonds. The monoisotopic (exact) mass is 313 g/mol. The minimum absolute atomic E-state index is 0.0801. The maximum atomic E-state index is 10.6. The molecule has 2 aromatic rings. The molecule has 0 aliphatic carbocycles. The van der Waals surface area contributed by atoms with Crippen molar-refractivity contribution in [1.29, 1.82) is 0 Å². The number of rotatable bonds is 2. The fourth-order valence-electron chi connectivity index (χ4n) is 1.43. The van der Waals surface area contributed by atoms with Crippen LogP contribution in [-0.2, 0) is 4.79 Å². The summed E-state index contributed by atoms with van der Waals surface area (Å²) in [6.45, 7) is 1.47. The van der Waals surface area contributed by atoms with Crippen molar-refractivity contribution in [3.8, 4) is 12.3 Å². The van der Waals surface area contributed by atoms with Crippen molar-refractivity contribution in [2.45, 2.75) is 6.92 Å². The lowest BCUT2D eigenvalue weighted by atomic mass is 10.2. The zero-order valence-corrected chi connectivity index (χ0v) is 12.3. The van der Waals surface area contributed by atoms with Gasteiger partial charge in [-0.05, 0) is 24.3 Å². The quantitative estimate of drug-likeness (QED) is 0.439. The number of hydrogen-bond donors (Lipinski definition) is 3. The predicted molar refractivity (Wildman–Crippen MR) is 88.4 cm³/mol. The van der Waals surface area contributed by atoms with E-state index in [0.717, 1.165) is 17.4 Å². The predicted octanol–water partition coefficient (Wildman–Crippen LogP) is 1.78. The largest absolute Gasteiger partial charge is 0.396 e. The third-order valence-electron chi connectivity index (χ3n) is 2.52. The number of amides is 1. The Kier molecular flexibility index (Phi) is 6.06. The summed E-state index contributed by atoms with van der Waals surface area (Å²) in [6, 6.07) is 8.28. The van der Waals surface area contributed by atoms with E-state index in [1.807, 2.05) is 0 Å². The van der Waals surface area contributed by atoms with Gasteiger partial charge in [0.15, 0.2) is 0 Å². The van der Waals surface area contributed by atoms with Crippen molar-refractivity contribution in [2.24, 2.45) is 0 Å². The second kappa shape index (κ2) is 7.99. The number of aromatic nitrogens is 1. The molecule has 1 heterocycles. The summed E-state index contributed by atoms with van der Waals surface area (Å²) in [6.07, 6.45) is 6.23. The maximum absolute atomic E-state index is 10.6. The molecule has 118 valence electrons. The highest BCUT2D eigenvalue weighted by molar-refractivity contribution is 5.88. The molecule has 8 nitrogen and oxygen atoms in total. The molecular weight excluding hydrogens is 298 g/mol. The Bertz CT molecular complexity index is 751. The summed E-state index contributed by atoms with van der Waals surface area (Å²) in [5.74, 6) is 2.52. The fraction of sp³-hybridized carbons (Fsp3) is 0.0667. The van der Waals surface area contributed by atoms with E-state index in [2.05, 4.69) is 16.2 Å². The van der Waals surface area contributed by atoms with Crippen molar-refractivity contribution in [3.63, 3.8) is 0 Å². The van der Waals surface area contributed by atoms with Gasteiger partial charge in [0.25, 0.3) is 5.69 Å². The van der Waals surface area contributed by atoms with Crippen LogP contribution in [0.2, 0.25) is 0 Å². The summed E-state index contributed by atoms with van der Waals surface area (Å²) in [4.78, 5) is 23.7. The SMILES string of the molecule is C#Cc1ccc(NC(C)=O)cc1.Nc1cc([N+](=O)[O-])cnc1N. The second-order valence-electron chi connectivity index (χ2n) is 4.33. The Labute approximate surface area is 132 Å². The zero-order valence-electron chi connectivity index (χ0n) is 12.3. The molecule has 0 unspecified atom stereocenters.